The number of methoxy groups -OCH3 is 1. The number of aromatic nitrogens is 5. The number of amides is 1. The summed E-state index contributed by atoms with van der Waals surface area (Å²) in [5.74, 6) is 1.23. The number of rotatable bonds is 9. The van der Waals surface area contributed by atoms with Crippen LogP contribution in [0.4, 0.5) is 28.8 Å². The Kier molecular flexibility index (Phi) is 7.14. The highest BCUT2D eigenvalue weighted by atomic mass is 32.2. The maximum absolute atomic E-state index is 13.0. The molecule has 0 bridgehead atoms. The first kappa shape index (κ1) is 27.4. The molecule has 1 aliphatic heterocycles. The number of H-pyrrole nitrogens is 1. The molecule has 0 unspecified atom stereocenters. The lowest BCUT2D eigenvalue weighted by Crippen LogP contribution is -2.36. The molecule has 212 valence electrons. The number of carbonyl (C=O) groups is 1. The summed E-state index contributed by atoms with van der Waals surface area (Å²) < 4.78 is 33.0. The zero-order valence-electron chi connectivity index (χ0n) is 23.3. The largest absolute Gasteiger partial charge is 0.495 e. The van der Waals surface area contributed by atoms with Gasteiger partial charge in [0.2, 0.25) is 26.7 Å². The van der Waals surface area contributed by atoms with Crippen molar-refractivity contribution in [2.24, 2.45) is 7.05 Å². The monoisotopic (exact) mass is 567 g/mol. The molecule has 4 heterocycles. The summed E-state index contributed by atoms with van der Waals surface area (Å²) in [6.45, 7) is 4.13. The van der Waals surface area contributed by atoms with Crippen molar-refractivity contribution in [1.29, 1.82) is 0 Å². The van der Waals surface area contributed by atoms with Crippen LogP contribution >= 0.6 is 0 Å². The van der Waals surface area contributed by atoms with Crippen LogP contribution in [0.25, 0.3) is 11.0 Å². The Hall–Kier alpha value is -4.17. The van der Waals surface area contributed by atoms with E-state index in [0.29, 0.717) is 47.1 Å². The van der Waals surface area contributed by atoms with Gasteiger partial charge in [0, 0.05) is 31.7 Å². The van der Waals surface area contributed by atoms with E-state index < -0.39 is 15.1 Å². The lowest BCUT2D eigenvalue weighted by Gasteiger charge is -2.21. The third-order valence-corrected chi connectivity index (χ3v) is 8.72. The third kappa shape index (κ3) is 5.07. The zero-order chi connectivity index (χ0) is 28.8. The Morgan fingerprint density at radius 3 is 2.67 bits per heavy atom. The highest BCUT2D eigenvalue weighted by Gasteiger charge is 2.29. The molecule has 0 atom stereocenters. The summed E-state index contributed by atoms with van der Waals surface area (Å²) in [6.07, 6.45) is 4.06. The van der Waals surface area contributed by atoms with Crippen molar-refractivity contribution in [3.63, 3.8) is 0 Å². The minimum Gasteiger partial charge on any atom is -0.495 e. The van der Waals surface area contributed by atoms with Crippen LogP contribution in [0.1, 0.15) is 19.4 Å². The lowest BCUT2D eigenvalue weighted by atomic mass is 10.1. The van der Waals surface area contributed by atoms with E-state index in [9.17, 15) is 13.2 Å². The van der Waals surface area contributed by atoms with Crippen molar-refractivity contribution in [2.45, 2.75) is 30.5 Å². The average Bonchev–Trinajstić information content (AvgIpc) is 3.61. The Balaban J connectivity index is 1.52. The van der Waals surface area contributed by atoms with Crippen molar-refractivity contribution >= 4 is 55.6 Å². The number of fused-ring (bicyclic) bond motifs is 2. The first-order valence-electron chi connectivity index (χ1n) is 12.8. The molecule has 4 aromatic rings. The normalized spacial score (nSPS) is 13.3. The highest BCUT2D eigenvalue weighted by molar-refractivity contribution is 7.92. The van der Waals surface area contributed by atoms with Gasteiger partial charge in [0.05, 0.1) is 35.8 Å². The van der Waals surface area contributed by atoms with Crippen molar-refractivity contribution in [2.75, 3.05) is 49.8 Å². The minimum atomic E-state index is -3.66. The molecule has 0 radical (unpaired) electrons. The SMILES string of the molecule is COc1cc2c(cc1Nc1nc(Nc3cn(C)nc3S(=O)(=O)C(C)C)c3[nH]ccc3n1)N(C(=O)CN(C)C)CC2. The zero-order valence-corrected chi connectivity index (χ0v) is 24.1. The van der Waals surface area contributed by atoms with Crippen LogP contribution in [0.2, 0.25) is 0 Å². The fraction of sp³-hybridized carbons (Fsp3) is 0.385. The van der Waals surface area contributed by atoms with Crippen LogP contribution in [0.3, 0.4) is 0 Å². The number of hydrogen-bond acceptors (Lipinski definition) is 10. The molecule has 0 saturated heterocycles. The van der Waals surface area contributed by atoms with E-state index in [1.54, 1.807) is 51.4 Å². The quantitative estimate of drug-likeness (QED) is 0.275. The van der Waals surface area contributed by atoms with Crippen LogP contribution in [-0.2, 0) is 28.1 Å². The number of aryl methyl sites for hydroxylation is 1. The molecule has 3 aromatic heterocycles. The molecule has 0 fully saturated rings. The maximum atomic E-state index is 13.0. The minimum absolute atomic E-state index is 0.0139. The van der Waals surface area contributed by atoms with Gasteiger partial charge in [-0.1, -0.05) is 0 Å². The summed E-state index contributed by atoms with van der Waals surface area (Å²) in [6, 6.07) is 5.60. The topological polar surface area (TPSA) is 150 Å². The van der Waals surface area contributed by atoms with Crippen molar-refractivity contribution < 1.29 is 17.9 Å². The Labute approximate surface area is 232 Å². The molecule has 13 nitrogen and oxygen atoms in total. The Morgan fingerprint density at radius 1 is 1.20 bits per heavy atom. The van der Waals surface area contributed by atoms with E-state index in [0.717, 1.165) is 17.7 Å². The molecule has 5 rings (SSSR count). The number of nitrogens with one attached hydrogen (secondary N) is 3. The van der Waals surface area contributed by atoms with Gasteiger partial charge >= 0.3 is 0 Å². The molecule has 14 heteroatoms. The van der Waals surface area contributed by atoms with Crippen LogP contribution < -0.4 is 20.3 Å². The van der Waals surface area contributed by atoms with Gasteiger partial charge in [-0.2, -0.15) is 10.1 Å². The first-order chi connectivity index (χ1) is 19.0. The molecule has 0 saturated carbocycles. The summed E-state index contributed by atoms with van der Waals surface area (Å²) in [5.41, 5.74) is 3.95. The fourth-order valence-corrected chi connectivity index (χ4v) is 5.72. The van der Waals surface area contributed by atoms with E-state index in [1.165, 1.54) is 4.68 Å². The van der Waals surface area contributed by atoms with Crippen LogP contribution in [0.5, 0.6) is 5.75 Å². The number of nitrogens with zero attached hydrogens (tertiary/aromatic N) is 6. The van der Waals surface area contributed by atoms with Crippen molar-refractivity contribution in [3.05, 3.63) is 36.2 Å². The smallest absolute Gasteiger partial charge is 0.241 e. The van der Waals surface area contributed by atoms with E-state index in [2.05, 4.69) is 30.7 Å². The second-order valence-corrected chi connectivity index (χ2v) is 12.6. The molecular formula is C26H33N9O4S. The number of benzene rings is 1. The van der Waals surface area contributed by atoms with Gasteiger partial charge in [0.1, 0.15) is 11.3 Å². The number of carbonyl (C=O) groups excluding carboxylic acids is 1. The second kappa shape index (κ2) is 10.4. The molecule has 1 amide bonds. The van der Waals surface area contributed by atoms with E-state index in [4.69, 9.17) is 4.74 Å². The van der Waals surface area contributed by atoms with Gasteiger partial charge < -0.3 is 30.2 Å². The molecule has 1 aliphatic rings. The molecular weight excluding hydrogens is 534 g/mol. The van der Waals surface area contributed by atoms with Gasteiger partial charge in [-0.15, -0.1) is 0 Å². The predicted octanol–water partition coefficient (Wildman–Crippen LogP) is 2.82. The van der Waals surface area contributed by atoms with Gasteiger partial charge in [-0.3, -0.25) is 9.48 Å². The van der Waals surface area contributed by atoms with Crippen LogP contribution in [0.15, 0.2) is 35.6 Å². The molecule has 40 heavy (non-hydrogen) atoms. The number of likely N-dealkylation sites (N-methyl/N-ethyl adjacent to an activating group) is 1. The molecule has 0 aliphatic carbocycles. The van der Waals surface area contributed by atoms with E-state index in [-0.39, 0.29) is 16.9 Å². The molecule has 0 spiro atoms. The van der Waals surface area contributed by atoms with Gasteiger partial charge in [-0.05, 0) is 58.1 Å². The maximum Gasteiger partial charge on any atom is 0.241 e. The summed E-state index contributed by atoms with van der Waals surface area (Å²) in [4.78, 5) is 28.9. The average molecular weight is 568 g/mol. The van der Waals surface area contributed by atoms with Gasteiger partial charge in [0.25, 0.3) is 0 Å². The number of aromatic amines is 1. The van der Waals surface area contributed by atoms with Crippen molar-refractivity contribution in [3.8, 4) is 5.75 Å². The van der Waals surface area contributed by atoms with E-state index in [1.807, 2.05) is 31.1 Å². The van der Waals surface area contributed by atoms with Crippen LogP contribution in [0, 0.1) is 0 Å². The number of ether oxygens (including phenoxy) is 1. The number of hydrogen-bond donors (Lipinski definition) is 3. The Morgan fingerprint density at radius 2 is 1.98 bits per heavy atom. The third-order valence-electron chi connectivity index (χ3n) is 6.64. The van der Waals surface area contributed by atoms with E-state index >= 15 is 0 Å². The van der Waals surface area contributed by atoms with Gasteiger partial charge in [-0.25, -0.2) is 13.4 Å². The fourth-order valence-electron chi connectivity index (χ4n) is 4.62. The summed E-state index contributed by atoms with van der Waals surface area (Å²) in [7, 11) is 3.32. The number of sulfone groups is 1. The predicted molar refractivity (Wildman–Crippen MR) is 154 cm³/mol. The Bertz CT molecular complexity index is 1690. The summed E-state index contributed by atoms with van der Waals surface area (Å²) >= 11 is 0. The van der Waals surface area contributed by atoms with Gasteiger partial charge in [0.15, 0.2) is 5.82 Å². The van der Waals surface area contributed by atoms with Crippen molar-refractivity contribution in [1.82, 2.24) is 29.6 Å². The highest BCUT2D eigenvalue weighted by Crippen LogP contribution is 2.39. The molecule has 3 N–H and O–H groups in total. The molecule has 1 aromatic carbocycles. The number of anilines is 5. The first-order valence-corrected chi connectivity index (χ1v) is 14.3. The summed E-state index contributed by atoms with van der Waals surface area (Å²) in [5, 5.41) is 9.88. The lowest BCUT2D eigenvalue weighted by molar-refractivity contribution is -0.119. The standard InChI is InChI=1S/C26H33N9O4S/c1-15(2)40(37,38)25-19(13-34(5)32-25)28-24-23-17(7-9-27-23)29-26(31-24)30-18-12-20-16(11-21(18)39-6)8-10-35(20)22(36)14-33(3)4/h7,9,11-13,15,27H,8,10,14H2,1-6H3,(H2,28,29,30,31). The van der Waals surface area contributed by atoms with Crippen LogP contribution in [-0.4, -0.2) is 83.5 Å². The second-order valence-electron chi connectivity index (χ2n) is 10.2.